The molecule has 1 aliphatic rings. The molecule has 0 saturated heterocycles. The minimum atomic E-state index is 0.420. The van der Waals surface area contributed by atoms with Gasteiger partial charge in [0.2, 0.25) is 0 Å². The summed E-state index contributed by atoms with van der Waals surface area (Å²) in [5.74, 6) is 0. The van der Waals surface area contributed by atoms with Crippen molar-refractivity contribution in [2.45, 2.75) is 32.4 Å². The van der Waals surface area contributed by atoms with Crippen LogP contribution in [-0.2, 0) is 0 Å². The molecule has 2 nitrogen and oxygen atoms in total. The van der Waals surface area contributed by atoms with Gasteiger partial charge in [0, 0.05) is 23.5 Å². The van der Waals surface area contributed by atoms with E-state index in [0.717, 1.165) is 6.42 Å². The van der Waals surface area contributed by atoms with Crippen LogP contribution >= 0.6 is 0 Å². The van der Waals surface area contributed by atoms with Gasteiger partial charge in [-0.05, 0) is 44.5 Å². The summed E-state index contributed by atoms with van der Waals surface area (Å²) in [7, 11) is 0. The first kappa shape index (κ1) is 11.8. The lowest BCUT2D eigenvalue weighted by Crippen LogP contribution is -2.17. The topological polar surface area (TPSA) is 24.1 Å². The molecule has 0 spiro atoms. The highest BCUT2D eigenvalue weighted by molar-refractivity contribution is 5.54. The van der Waals surface area contributed by atoms with Gasteiger partial charge in [-0.25, -0.2) is 0 Å². The Labute approximate surface area is 103 Å². The second kappa shape index (κ2) is 5.58. The van der Waals surface area contributed by atoms with E-state index >= 15 is 0 Å². The van der Waals surface area contributed by atoms with Gasteiger partial charge in [0.1, 0.15) is 0 Å². The summed E-state index contributed by atoms with van der Waals surface area (Å²) >= 11 is 0. The fourth-order valence-electron chi connectivity index (χ4n) is 1.90. The molecule has 1 aromatic rings. The van der Waals surface area contributed by atoms with Crippen LogP contribution in [-0.4, -0.2) is 12.1 Å². The van der Waals surface area contributed by atoms with Crippen LogP contribution in [0.15, 0.2) is 48.6 Å². The minimum Gasteiger partial charge on any atom is -0.383 e. The third kappa shape index (κ3) is 3.66. The SMILES string of the molecule is CC(C)Nc1ccc(NC2C=CC=CC2)cc1. The second-order valence-corrected chi connectivity index (χ2v) is 4.68. The van der Waals surface area contributed by atoms with Gasteiger partial charge in [-0.15, -0.1) is 0 Å². The van der Waals surface area contributed by atoms with E-state index in [1.165, 1.54) is 11.4 Å². The summed E-state index contributed by atoms with van der Waals surface area (Å²) < 4.78 is 0. The zero-order chi connectivity index (χ0) is 12.1. The molecule has 1 atom stereocenters. The van der Waals surface area contributed by atoms with Gasteiger partial charge in [0.25, 0.3) is 0 Å². The molecule has 1 unspecified atom stereocenters. The van der Waals surface area contributed by atoms with Gasteiger partial charge in [0.05, 0.1) is 0 Å². The van der Waals surface area contributed by atoms with Gasteiger partial charge in [0.15, 0.2) is 0 Å². The lowest BCUT2D eigenvalue weighted by atomic mass is 10.1. The number of benzene rings is 1. The van der Waals surface area contributed by atoms with Crippen molar-refractivity contribution in [3.63, 3.8) is 0 Å². The maximum Gasteiger partial charge on any atom is 0.0482 e. The fourth-order valence-corrected chi connectivity index (χ4v) is 1.90. The second-order valence-electron chi connectivity index (χ2n) is 4.68. The quantitative estimate of drug-likeness (QED) is 0.819. The number of allylic oxidation sites excluding steroid dienone is 2. The molecule has 0 bridgehead atoms. The summed E-state index contributed by atoms with van der Waals surface area (Å²) in [6.45, 7) is 4.29. The predicted molar refractivity (Wildman–Crippen MR) is 75.5 cm³/mol. The Morgan fingerprint density at radius 3 is 2.35 bits per heavy atom. The Kier molecular flexibility index (Phi) is 3.86. The number of hydrogen-bond donors (Lipinski definition) is 2. The van der Waals surface area contributed by atoms with Gasteiger partial charge >= 0.3 is 0 Å². The average Bonchev–Trinajstić information content (AvgIpc) is 2.32. The normalized spacial score (nSPS) is 18.4. The predicted octanol–water partition coefficient (Wildman–Crippen LogP) is 3.80. The molecule has 17 heavy (non-hydrogen) atoms. The van der Waals surface area contributed by atoms with Crippen molar-refractivity contribution < 1.29 is 0 Å². The Morgan fingerprint density at radius 2 is 1.76 bits per heavy atom. The summed E-state index contributed by atoms with van der Waals surface area (Å²) in [6, 6.07) is 9.37. The first-order valence-electron chi connectivity index (χ1n) is 6.20. The van der Waals surface area contributed by atoms with Crippen molar-refractivity contribution in [2.75, 3.05) is 10.6 Å². The highest BCUT2D eigenvalue weighted by Gasteiger charge is 2.04. The van der Waals surface area contributed by atoms with Gasteiger partial charge in [-0.1, -0.05) is 24.3 Å². The van der Waals surface area contributed by atoms with Crippen LogP contribution < -0.4 is 10.6 Å². The first-order valence-corrected chi connectivity index (χ1v) is 6.20. The zero-order valence-electron chi connectivity index (χ0n) is 10.5. The van der Waals surface area contributed by atoms with Crippen LogP contribution in [0.4, 0.5) is 11.4 Å². The molecular weight excluding hydrogens is 208 g/mol. The standard InChI is InChI=1S/C15H20N2/c1-12(2)16-14-8-10-15(11-9-14)17-13-6-4-3-5-7-13/h3-6,8-13,16-17H,7H2,1-2H3. The maximum atomic E-state index is 3.50. The van der Waals surface area contributed by atoms with Crippen LogP contribution in [0.25, 0.3) is 0 Å². The van der Waals surface area contributed by atoms with Crippen molar-refractivity contribution in [3.8, 4) is 0 Å². The van der Waals surface area contributed by atoms with Gasteiger partial charge < -0.3 is 10.6 Å². The monoisotopic (exact) mass is 228 g/mol. The zero-order valence-corrected chi connectivity index (χ0v) is 10.5. The molecule has 2 heteroatoms. The van der Waals surface area contributed by atoms with Crippen molar-refractivity contribution in [1.82, 2.24) is 0 Å². The van der Waals surface area contributed by atoms with Gasteiger partial charge in [-0.2, -0.15) is 0 Å². The summed E-state index contributed by atoms with van der Waals surface area (Å²) in [5.41, 5.74) is 2.34. The molecule has 2 N–H and O–H groups in total. The van der Waals surface area contributed by atoms with E-state index in [1.807, 2.05) is 0 Å². The van der Waals surface area contributed by atoms with Crippen LogP contribution in [0, 0.1) is 0 Å². The summed E-state index contributed by atoms with van der Waals surface area (Å²) in [5, 5.41) is 6.88. The molecule has 0 saturated carbocycles. The van der Waals surface area contributed by atoms with E-state index in [9.17, 15) is 0 Å². The largest absolute Gasteiger partial charge is 0.383 e. The van der Waals surface area contributed by atoms with Crippen molar-refractivity contribution in [1.29, 1.82) is 0 Å². The number of rotatable bonds is 4. The highest BCUT2D eigenvalue weighted by atomic mass is 14.9. The molecule has 0 aromatic heterocycles. The molecule has 90 valence electrons. The molecule has 2 rings (SSSR count). The Hall–Kier alpha value is -1.70. The van der Waals surface area contributed by atoms with E-state index in [4.69, 9.17) is 0 Å². The van der Waals surface area contributed by atoms with Crippen LogP contribution in [0.5, 0.6) is 0 Å². The highest BCUT2D eigenvalue weighted by Crippen LogP contribution is 2.17. The third-order valence-electron chi connectivity index (χ3n) is 2.67. The van der Waals surface area contributed by atoms with Crippen molar-refractivity contribution in [3.05, 3.63) is 48.6 Å². The fraction of sp³-hybridized carbons (Fsp3) is 0.333. The molecule has 0 heterocycles. The number of hydrogen-bond acceptors (Lipinski definition) is 2. The maximum absolute atomic E-state index is 3.50. The van der Waals surface area contributed by atoms with E-state index < -0.39 is 0 Å². The smallest absolute Gasteiger partial charge is 0.0482 e. The number of nitrogens with one attached hydrogen (secondary N) is 2. The lowest BCUT2D eigenvalue weighted by Gasteiger charge is -2.17. The number of anilines is 2. The van der Waals surface area contributed by atoms with E-state index in [0.29, 0.717) is 12.1 Å². The van der Waals surface area contributed by atoms with Crippen molar-refractivity contribution in [2.24, 2.45) is 0 Å². The van der Waals surface area contributed by atoms with Gasteiger partial charge in [-0.3, -0.25) is 0 Å². The molecule has 1 aromatic carbocycles. The first-order chi connectivity index (χ1) is 8.24. The van der Waals surface area contributed by atoms with Crippen molar-refractivity contribution >= 4 is 11.4 Å². The summed E-state index contributed by atoms with van der Waals surface area (Å²) in [4.78, 5) is 0. The van der Waals surface area contributed by atoms with Crippen LogP contribution in [0.3, 0.4) is 0 Å². The minimum absolute atomic E-state index is 0.420. The molecular formula is C15H20N2. The van der Waals surface area contributed by atoms with E-state index in [-0.39, 0.29) is 0 Å². The molecule has 0 aliphatic heterocycles. The third-order valence-corrected chi connectivity index (χ3v) is 2.67. The van der Waals surface area contributed by atoms with Crippen LogP contribution in [0.1, 0.15) is 20.3 Å². The molecule has 1 aliphatic carbocycles. The summed E-state index contributed by atoms with van der Waals surface area (Å²) in [6.07, 6.45) is 9.62. The molecule has 0 fully saturated rings. The molecule has 0 radical (unpaired) electrons. The Balaban J connectivity index is 1.93. The average molecular weight is 228 g/mol. The van der Waals surface area contributed by atoms with E-state index in [1.54, 1.807) is 0 Å². The Morgan fingerprint density at radius 1 is 1.06 bits per heavy atom. The lowest BCUT2D eigenvalue weighted by molar-refractivity contribution is 0.882. The molecule has 0 amide bonds. The van der Waals surface area contributed by atoms with E-state index in [2.05, 4.69) is 73.1 Å². The Bertz CT molecular complexity index is 401. The van der Waals surface area contributed by atoms with Crippen LogP contribution in [0.2, 0.25) is 0 Å².